The molecule has 0 saturated heterocycles. The van der Waals surface area contributed by atoms with Gasteiger partial charge in [0.05, 0.1) is 18.9 Å². The summed E-state index contributed by atoms with van der Waals surface area (Å²) in [5.74, 6) is -2.05. The summed E-state index contributed by atoms with van der Waals surface area (Å²) < 4.78 is 40.4. The van der Waals surface area contributed by atoms with Crippen molar-refractivity contribution in [2.45, 2.75) is 26.4 Å². The van der Waals surface area contributed by atoms with Crippen LogP contribution in [0.25, 0.3) is 0 Å². The van der Waals surface area contributed by atoms with E-state index in [4.69, 9.17) is 0 Å². The van der Waals surface area contributed by atoms with Crippen molar-refractivity contribution in [2.24, 2.45) is 5.92 Å². The number of rotatable bonds is 4. The molecule has 0 aliphatic rings. The summed E-state index contributed by atoms with van der Waals surface area (Å²) in [6, 6.07) is 0. The Kier molecular flexibility index (Phi) is 5.27. The minimum Gasteiger partial charge on any atom is -0.466 e. The predicted molar refractivity (Wildman–Crippen MR) is 45.6 cm³/mol. The number of hydrogen-bond acceptors (Lipinski definition) is 2. The van der Waals surface area contributed by atoms with E-state index in [-0.39, 0.29) is 13.0 Å². The van der Waals surface area contributed by atoms with Crippen molar-refractivity contribution in [1.29, 1.82) is 0 Å². The third-order valence-electron chi connectivity index (χ3n) is 1.53. The molecule has 1 atom stereocenters. The van der Waals surface area contributed by atoms with Crippen molar-refractivity contribution in [3.63, 3.8) is 0 Å². The zero-order chi connectivity index (χ0) is 11.2. The lowest BCUT2D eigenvalue weighted by atomic mass is 10.1. The zero-order valence-corrected chi connectivity index (χ0v) is 8.10. The molecule has 0 N–H and O–H groups in total. The molecular formula is C9H13F3O2. The van der Waals surface area contributed by atoms with Crippen molar-refractivity contribution >= 4 is 5.97 Å². The number of esters is 1. The highest BCUT2D eigenvalue weighted by atomic mass is 19.4. The van der Waals surface area contributed by atoms with E-state index in [1.807, 2.05) is 0 Å². The summed E-state index contributed by atoms with van der Waals surface area (Å²) in [6.45, 7) is 2.91. The Balaban J connectivity index is 3.89. The molecule has 0 unspecified atom stereocenters. The van der Waals surface area contributed by atoms with Crippen LogP contribution >= 0.6 is 0 Å². The minimum atomic E-state index is -4.24. The molecule has 5 heteroatoms. The molecular weight excluding hydrogens is 197 g/mol. The van der Waals surface area contributed by atoms with Crippen LogP contribution in [-0.2, 0) is 9.53 Å². The fraction of sp³-hybridized carbons (Fsp3) is 0.667. The number of ether oxygens (including phenoxy) is 1. The van der Waals surface area contributed by atoms with E-state index in [2.05, 4.69) is 4.74 Å². The van der Waals surface area contributed by atoms with Gasteiger partial charge in [0.15, 0.2) is 0 Å². The van der Waals surface area contributed by atoms with E-state index >= 15 is 0 Å². The molecule has 14 heavy (non-hydrogen) atoms. The molecule has 82 valence electrons. The normalized spacial score (nSPS) is 14.4. The van der Waals surface area contributed by atoms with Gasteiger partial charge >= 0.3 is 12.1 Å². The van der Waals surface area contributed by atoms with Gasteiger partial charge in [-0.3, -0.25) is 4.79 Å². The number of hydrogen-bond donors (Lipinski definition) is 0. The second kappa shape index (κ2) is 5.67. The fourth-order valence-electron chi connectivity index (χ4n) is 0.697. The van der Waals surface area contributed by atoms with Crippen LogP contribution in [-0.4, -0.2) is 18.8 Å². The highest BCUT2D eigenvalue weighted by molar-refractivity contribution is 5.71. The second-order valence-electron chi connectivity index (χ2n) is 2.77. The Bertz CT molecular complexity index is 209. The maximum Gasteiger partial charge on any atom is 0.394 e. The molecule has 0 aromatic carbocycles. The van der Waals surface area contributed by atoms with Crippen LogP contribution in [0.2, 0.25) is 0 Å². The standard InChI is InChI=1S/C9H13F3O2/c1-3-14-8(13)6-4-5-7(2)9(10,11)12/h4-5,7H,3,6H2,1-2H3/b5-4-/t7-/m1/s1. The maximum atomic E-state index is 12.0. The molecule has 0 aliphatic carbocycles. The van der Waals surface area contributed by atoms with Crippen LogP contribution in [0.4, 0.5) is 13.2 Å². The highest BCUT2D eigenvalue weighted by Gasteiger charge is 2.33. The summed E-state index contributed by atoms with van der Waals surface area (Å²) in [4.78, 5) is 10.7. The topological polar surface area (TPSA) is 26.3 Å². The van der Waals surface area contributed by atoms with Gasteiger partial charge in [0.1, 0.15) is 0 Å². The van der Waals surface area contributed by atoms with E-state index in [9.17, 15) is 18.0 Å². The SMILES string of the molecule is CCOC(=O)C/C=C\[C@@H](C)C(F)(F)F. The molecule has 0 saturated carbocycles. The van der Waals surface area contributed by atoms with Crippen molar-refractivity contribution in [2.75, 3.05) is 6.61 Å². The van der Waals surface area contributed by atoms with Gasteiger partial charge in [0, 0.05) is 0 Å². The molecule has 0 fully saturated rings. The van der Waals surface area contributed by atoms with Crippen LogP contribution in [0.3, 0.4) is 0 Å². The first-order valence-corrected chi connectivity index (χ1v) is 4.27. The van der Waals surface area contributed by atoms with E-state index in [0.29, 0.717) is 0 Å². The van der Waals surface area contributed by atoms with Gasteiger partial charge in [-0.05, 0) is 6.92 Å². The summed E-state index contributed by atoms with van der Waals surface area (Å²) in [5, 5.41) is 0. The number of halogens is 3. The lowest BCUT2D eigenvalue weighted by Gasteiger charge is -2.10. The highest BCUT2D eigenvalue weighted by Crippen LogP contribution is 2.26. The van der Waals surface area contributed by atoms with E-state index in [1.54, 1.807) is 6.92 Å². The van der Waals surface area contributed by atoms with E-state index in [0.717, 1.165) is 13.0 Å². The minimum absolute atomic E-state index is 0.117. The molecule has 0 radical (unpaired) electrons. The molecule has 0 spiro atoms. The number of alkyl halides is 3. The quantitative estimate of drug-likeness (QED) is 0.526. The zero-order valence-electron chi connectivity index (χ0n) is 8.10. The van der Waals surface area contributed by atoms with E-state index < -0.39 is 18.1 Å². The Labute approximate surface area is 80.7 Å². The molecule has 0 amide bonds. The van der Waals surface area contributed by atoms with Gasteiger partial charge in [-0.2, -0.15) is 13.2 Å². The van der Waals surface area contributed by atoms with Crippen molar-refractivity contribution in [3.8, 4) is 0 Å². The molecule has 2 nitrogen and oxygen atoms in total. The third-order valence-corrected chi connectivity index (χ3v) is 1.53. The first-order chi connectivity index (χ1) is 6.38. The number of carbonyl (C=O) groups is 1. The van der Waals surface area contributed by atoms with Crippen molar-refractivity contribution < 1.29 is 22.7 Å². The molecule has 0 aromatic rings. The number of allylic oxidation sites excluding steroid dienone is 1. The van der Waals surface area contributed by atoms with Crippen LogP contribution in [0.1, 0.15) is 20.3 Å². The fourth-order valence-corrected chi connectivity index (χ4v) is 0.697. The second-order valence-corrected chi connectivity index (χ2v) is 2.77. The Morgan fingerprint density at radius 1 is 1.50 bits per heavy atom. The average Bonchev–Trinajstić information content (AvgIpc) is 2.02. The van der Waals surface area contributed by atoms with Gasteiger partial charge in [0.25, 0.3) is 0 Å². The molecule has 0 bridgehead atoms. The summed E-state index contributed by atoms with van der Waals surface area (Å²) in [7, 11) is 0. The third kappa shape index (κ3) is 5.61. The van der Waals surface area contributed by atoms with Crippen molar-refractivity contribution in [3.05, 3.63) is 12.2 Å². The first kappa shape index (κ1) is 13.0. The Morgan fingerprint density at radius 3 is 2.50 bits per heavy atom. The van der Waals surface area contributed by atoms with Gasteiger partial charge < -0.3 is 4.74 Å². The number of carbonyl (C=O) groups excluding carboxylic acids is 1. The first-order valence-electron chi connectivity index (χ1n) is 4.27. The van der Waals surface area contributed by atoms with Gasteiger partial charge in [-0.25, -0.2) is 0 Å². The predicted octanol–water partition coefficient (Wildman–Crippen LogP) is 2.69. The van der Waals surface area contributed by atoms with Crippen LogP contribution < -0.4 is 0 Å². The smallest absolute Gasteiger partial charge is 0.394 e. The molecule has 0 aromatic heterocycles. The summed E-state index contributed by atoms with van der Waals surface area (Å²) >= 11 is 0. The van der Waals surface area contributed by atoms with Gasteiger partial charge in [0.2, 0.25) is 0 Å². The summed E-state index contributed by atoms with van der Waals surface area (Å²) in [5.41, 5.74) is 0. The van der Waals surface area contributed by atoms with Crippen LogP contribution in [0.5, 0.6) is 0 Å². The lowest BCUT2D eigenvalue weighted by Crippen LogP contribution is -2.17. The largest absolute Gasteiger partial charge is 0.466 e. The Hall–Kier alpha value is -1.00. The van der Waals surface area contributed by atoms with Crippen molar-refractivity contribution in [1.82, 2.24) is 0 Å². The van der Waals surface area contributed by atoms with E-state index in [1.165, 1.54) is 6.08 Å². The summed E-state index contributed by atoms with van der Waals surface area (Å²) in [6.07, 6.45) is -2.23. The van der Waals surface area contributed by atoms with Crippen LogP contribution in [0, 0.1) is 5.92 Å². The molecule has 0 rings (SSSR count). The van der Waals surface area contributed by atoms with Gasteiger partial charge in [-0.15, -0.1) is 0 Å². The Morgan fingerprint density at radius 2 is 2.07 bits per heavy atom. The van der Waals surface area contributed by atoms with Gasteiger partial charge in [-0.1, -0.05) is 19.1 Å². The monoisotopic (exact) mass is 210 g/mol. The van der Waals surface area contributed by atoms with Crippen LogP contribution in [0.15, 0.2) is 12.2 Å². The molecule has 0 heterocycles. The maximum absolute atomic E-state index is 12.0. The molecule has 0 aliphatic heterocycles. The average molecular weight is 210 g/mol. The lowest BCUT2D eigenvalue weighted by molar-refractivity contribution is -0.156.